The lowest BCUT2D eigenvalue weighted by Crippen LogP contribution is -2.29. The molecule has 0 aliphatic rings. The SMILES string of the molecule is CCCCc1sc2ccccc2c1-c1ccc(-c2ccc(O[C@H](Cc3ccccc3)C(=O)O)cc2)cc1. The van der Waals surface area contributed by atoms with Crippen molar-refractivity contribution in [3.63, 3.8) is 0 Å². The summed E-state index contributed by atoms with van der Waals surface area (Å²) < 4.78 is 7.17. The highest BCUT2D eigenvalue weighted by Crippen LogP contribution is 2.40. The van der Waals surface area contributed by atoms with E-state index in [9.17, 15) is 9.90 Å². The van der Waals surface area contributed by atoms with Gasteiger partial charge in [0.2, 0.25) is 0 Å². The second-order valence-electron chi connectivity index (χ2n) is 9.24. The van der Waals surface area contributed by atoms with Crippen LogP contribution in [0.25, 0.3) is 32.3 Å². The maximum absolute atomic E-state index is 11.8. The minimum absolute atomic E-state index is 0.316. The summed E-state index contributed by atoms with van der Waals surface area (Å²) in [4.78, 5) is 13.2. The van der Waals surface area contributed by atoms with Crippen molar-refractivity contribution < 1.29 is 14.6 Å². The van der Waals surface area contributed by atoms with Crippen molar-refractivity contribution in [1.29, 1.82) is 0 Å². The molecule has 0 fully saturated rings. The minimum atomic E-state index is -0.970. The number of unbranched alkanes of at least 4 members (excludes halogenated alkanes) is 1. The van der Waals surface area contributed by atoms with Gasteiger partial charge in [0.25, 0.3) is 0 Å². The minimum Gasteiger partial charge on any atom is -0.478 e. The fourth-order valence-electron chi connectivity index (χ4n) is 4.65. The largest absolute Gasteiger partial charge is 0.478 e. The number of carbonyl (C=O) groups is 1. The molecule has 5 rings (SSSR count). The van der Waals surface area contributed by atoms with Gasteiger partial charge in [-0.1, -0.05) is 98.3 Å². The summed E-state index contributed by atoms with van der Waals surface area (Å²) in [5, 5.41) is 11.0. The van der Waals surface area contributed by atoms with Gasteiger partial charge in [0.15, 0.2) is 6.10 Å². The molecule has 0 radical (unpaired) electrons. The van der Waals surface area contributed by atoms with Crippen molar-refractivity contribution in [3.05, 3.63) is 114 Å². The van der Waals surface area contributed by atoms with Crippen LogP contribution in [0.3, 0.4) is 0 Å². The van der Waals surface area contributed by atoms with Gasteiger partial charge in [0.05, 0.1) is 0 Å². The quantitative estimate of drug-likeness (QED) is 0.206. The lowest BCUT2D eigenvalue weighted by Gasteiger charge is -2.15. The molecule has 0 saturated heterocycles. The van der Waals surface area contributed by atoms with Crippen molar-refractivity contribution >= 4 is 27.4 Å². The molecule has 0 unspecified atom stereocenters. The molecule has 1 N–H and O–H groups in total. The van der Waals surface area contributed by atoms with Gasteiger partial charge < -0.3 is 9.84 Å². The van der Waals surface area contributed by atoms with E-state index in [4.69, 9.17) is 4.74 Å². The molecule has 186 valence electrons. The molecule has 0 amide bonds. The molecule has 37 heavy (non-hydrogen) atoms. The molecule has 0 saturated carbocycles. The number of carboxylic acids is 1. The number of ether oxygens (including phenoxy) is 1. The average molecular weight is 507 g/mol. The second kappa shape index (κ2) is 11.4. The Morgan fingerprint density at radius 1 is 0.811 bits per heavy atom. The molecule has 5 aromatic rings. The fourth-order valence-corrected chi connectivity index (χ4v) is 5.92. The van der Waals surface area contributed by atoms with Gasteiger partial charge >= 0.3 is 5.97 Å². The lowest BCUT2D eigenvalue weighted by atomic mass is 9.97. The number of hydrogen-bond donors (Lipinski definition) is 1. The third kappa shape index (κ3) is 5.76. The van der Waals surface area contributed by atoms with E-state index in [-0.39, 0.29) is 0 Å². The summed E-state index contributed by atoms with van der Waals surface area (Å²) in [6, 6.07) is 34.6. The topological polar surface area (TPSA) is 46.5 Å². The number of carboxylic acid groups (broad SMARTS) is 1. The van der Waals surface area contributed by atoms with Gasteiger partial charge in [-0.25, -0.2) is 4.79 Å². The maximum Gasteiger partial charge on any atom is 0.345 e. The molecular formula is C33H30O3S. The van der Waals surface area contributed by atoms with Crippen LogP contribution in [0.1, 0.15) is 30.2 Å². The Labute approximate surface area is 222 Å². The fraction of sp³-hybridized carbons (Fsp3) is 0.182. The molecule has 4 aromatic carbocycles. The van der Waals surface area contributed by atoms with Gasteiger partial charge in [-0.3, -0.25) is 0 Å². The van der Waals surface area contributed by atoms with E-state index in [2.05, 4.69) is 55.5 Å². The van der Waals surface area contributed by atoms with E-state index in [1.165, 1.54) is 38.9 Å². The first kappa shape index (κ1) is 24.8. The molecule has 0 aliphatic carbocycles. The number of fused-ring (bicyclic) bond motifs is 1. The van der Waals surface area contributed by atoms with Gasteiger partial charge in [-0.2, -0.15) is 0 Å². The van der Waals surface area contributed by atoms with Crippen LogP contribution in [0, 0.1) is 0 Å². The van der Waals surface area contributed by atoms with Crippen LogP contribution < -0.4 is 4.74 Å². The van der Waals surface area contributed by atoms with Crippen molar-refractivity contribution in [2.45, 2.75) is 38.7 Å². The van der Waals surface area contributed by atoms with Gasteiger partial charge in [-0.05, 0) is 53.3 Å². The predicted molar refractivity (Wildman–Crippen MR) is 154 cm³/mol. The zero-order valence-electron chi connectivity index (χ0n) is 20.9. The number of aliphatic carboxylic acids is 1. The first-order chi connectivity index (χ1) is 18.1. The van der Waals surface area contributed by atoms with Crippen LogP contribution in [0.4, 0.5) is 0 Å². The normalized spacial score (nSPS) is 11.9. The van der Waals surface area contributed by atoms with Crippen molar-refractivity contribution in [2.75, 3.05) is 0 Å². The van der Waals surface area contributed by atoms with Crippen LogP contribution in [-0.4, -0.2) is 17.2 Å². The molecule has 0 spiro atoms. The summed E-state index contributed by atoms with van der Waals surface area (Å²) in [5.74, 6) is -0.420. The Balaban J connectivity index is 1.34. The smallest absolute Gasteiger partial charge is 0.345 e. The molecule has 3 nitrogen and oxygen atoms in total. The predicted octanol–water partition coefficient (Wildman–Crippen LogP) is 8.65. The Hall–Kier alpha value is -3.89. The van der Waals surface area contributed by atoms with Crippen LogP contribution in [0.5, 0.6) is 5.75 Å². The third-order valence-corrected chi connectivity index (χ3v) is 7.84. The first-order valence-corrected chi connectivity index (χ1v) is 13.6. The average Bonchev–Trinajstić information content (AvgIpc) is 3.31. The summed E-state index contributed by atoms with van der Waals surface area (Å²) >= 11 is 1.91. The summed E-state index contributed by atoms with van der Waals surface area (Å²) in [5.41, 5.74) is 5.72. The molecule has 4 heteroatoms. The molecule has 1 aromatic heterocycles. The molecule has 1 atom stereocenters. The monoisotopic (exact) mass is 506 g/mol. The van der Waals surface area contributed by atoms with Gasteiger partial charge in [0.1, 0.15) is 5.75 Å². The zero-order chi connectivity index (χ0) is 25.6. The van der Waals surface area contributed by atoms with Gasteiger partial charge in [-0.15, -0.1) is 11.3 Å². The number of benzene rings is 4. The van der Waals surface area contributed by atoms with Crippen LogP contribution in [-0.2, 0) is 17.6 Å². The molecule has 0 aliphatic heterocycles. The zero-order valence-corrected chi connectivity index (χ0v) is 21.7. The van der Waals surface area contributed by atoms with Crippen LogP contribution in [0.2, 0.25) is 0 Å². The summed E-state index contributed by atoms with van der Waals surface area (Å²) in [6.07, 6.45) is 2.87. The van der Waals surface area contributed by atoms with E-state index in [0.29, 0.717) is 12.2 Å². The van der Waals surface area contributed by atoms with Crippen molar-refractivity contribution in [3.8, 4) is 28.0 Å². The number of aryl methyl sites for hydroxylation is 1. The van der Waals surface area contributed by atoms with Crippen molar-refractivity contribution in [2.24, 2.45) is 0 Å². The van der Waals surface area contributed by atoms with Crippen LogP contribution in [0.15, 0.2) is 103 Å². The first-order valence-electron chi connectivity index (χ1n) is 12.8. The van der Waals surface area contributed by atoms with E-state index >= 15 is 0 Å². The highest BCUT2D eigenvalue weighted by Gasteiger charge is 2.20. The van der Waals surface area contributed by atoms with E-state index in [1.54, 1.807) is 0 Å². The molecular weight excluding hydrogens is 476 g/mol. The molecule has 1 heterocycles. The summed E-state index contributed by atoms with van der Waals surface area (Å²) in [6.45, 7) is 2.24. The standard InChI is InChI=1S/C33H30O3S/c1-2-3-12-31-32(28-11-7-8-13-30(28)37-31)26-16-14-24(15-17-26)25-18-20-27(21-19-25)36-29(33(34)35)22-23-9-5-4-6-10-23/h4-11,13-21,29H,2-3,12,22H2,1H3,(H,34,35)/t29-/m1/s1. The number of rotatable bonds is 10. The van der Waals surface area contributed by atoms with Crippen LogP contribution >= 0.6 is 11.3 Å². The number of hydrogen-bond acceptors (Lipinski definition) is 3. The van der Waals surface area contributed by atoms with Gasteiger partial charge in [0, 0.05) is 26.9 Å². The summed E-state index contributed by atoms with van der Waals surface area (Å²) in [7, 11) is 0. The Morgan fingerprint density at radius 2 is 1.43 bits per heavy atom. The highest BCUT2D eigenvalue weighted by molar-refractivity contribution is 7.19. The third-order valence-electron chi connectivity index (χ3n) is 6.60. The highest BCUT2D eigenvalue weighted by atomic mass is 32.1. The van der Waals surface area contributed by atoms with Crippen molar-refractivity contribution in [1.82, 2.24) is 0 Å². The Bertz CT molecular complexity index is 1470. The second-order valence-corrected chi connectivity index (χ2v) is 10.4. The molecule has 0 bridgehead atoms. The van der Waals surface area contributed by atoms with E-state index < -0.39 is 12.1 Å². The van der Waals surface area contributed by atoms with E-state index in [1.807, 2.05) is 65.9 Å². The Kier molecular flexibility index (Phi) is 7.67. The van der Waals surface area contributed by atoms with E-state index in [0.717, 1.165) is 23.1 Å². The number of thiophene rings is 1. The Morgan fingerprint density at radius 3 is 2.11 bits per heavy atom. The maximum atomic E-state index is 11.8. The lowest BCUT2D eigenvalue weighted by molar-refractivity contribution is -0.145.